The minimum absolute atomic E-state index is 0.120. The molecule has 100 valence electrons. The van der Waals surface area contributed by atoms with Gasteiger partial charge in [0.05, 0.1) is 11.3 Å². The van der Waals surface area contributed by atoms with Crippen molar-refractivity contribution in [1.29, 1.82) is 0 Å². The van der Waals surface area contributed by atoms with Crippen LogP contribution in [0.3, 0.4) is 0 Å². The Morgan fingerprint density at radius 2 is 2.05 bits per heavy atom. The number of hydrogen-bond donors (Lipinski definition) is 2. The molecular weight excluding hydrogens is 244 g/mol. The van der Waals surface area contributed by atoms with Gasteiger partial charge in [0.2, 0.25) is 0 Å². The van der Waals surface area contributed by atoms with Crippen molar-refractivity contribution in [2.24, 2.45) is 0 Å². The summed E-state index contributed by atoms with van der Waals surface area (Å²) in [4.78, 5) is 23.3. The molecule has 0 spiro atoms. The van der Waals surface area contributed by atoms with Crippen LogP contribution in [0.1, 0.15) is 34.1 Å². The summed E-state index contributed by atoms with van der Waals surface area (Å²) in [6.45, 7) is 5.60. The molecule has 5 heteroatoms. The fraction of sp³-hybridized carbons (Fsp3) is 0.286. The maximum absolute atomic E-state index is 12.2. The van der Waals surface area contributed by atoms with Crippen molar-refractivity contribution in [3.63, 3.8) is 0 Å². The molecule has 0 radical (unpaired) electrons. The SMILES string of the molecule is CCc1c(C)[nH]n(-c2cc(C(=O)O)ccc2C)c1=O. The first kappa shape index (κ1) is 13.1. The highest BCUT2D eigenvalue weighted by Gasteiger charge is 2.14. The van der Waals surface area contributed by atoms with Crippen LogP contribution in [0.2, 0.25) is 0 Å². The lowest BCUT2D eigenvalue weighted by Crippen LogP contribution is -2.18. The Hall–Kier alpha value is -2.30. The molecule has 0 unspecified atom stereocenters. The Balaban J connectivity index is 2.68. The van der Waals surface area contributed by atoms with Gasteiger partial charge in [0, 0.05) is 11.3 Å². The van der Waals surface area contributed by atoms with Crippen molar-refractivity contribution in [3.8, 4) is 5.69 Å². The molecule has 0 aliphatic carbocycles. The summed E-state index contributed by atoms with van der Waals surface area (Å²) >= 11 is 0. The Bertz CT molecular complexity index is 695. The van der Waals surface area contributed by atoms with Crippen molar-refractivity contribution in [1.82, 2.24) is 9.78 Å². The number of carboxylic acid groups (broad SMARTS) is 1. The Labute approximate surface area is 110 Å². The topological polar surface area (TPSA) is 75.1 Å². The smallest absolute Gasteiger partial charge is 0.335 e. The summed E-state index contributed by atoms with van der Waals surface area (Å²) in [5.74, 6) is -1.01. The average molecular weight is 260 g/mol. The van der Waals surface area contributed by atoms with E-state index in [1.807, 2.05) is 20.8 Å². The maximum Gasteiger partial charge on any atom is 0.335 e. The molecule has 2 aromatic rings. The highest BCUT2D eigenvalue weighted by atomic mass is 16.4. The van der Waals surface area contributed by atoms with Crippen LogP contribution in [-0.2, 0) is 6.42 Å². The number of aromatic carboxylic acids is 1. The normalized spacial score (nSPS) is 10.7. The lowest BCUT2D eigenvalue weighted by Gasteiger charge is -2.07. The van der Waals surface area contributed by atoms with Crippen LogP contribution in [0.4, 0.5) is 0 Å². The van der Waals surface area contributed by atoms with Crippen molar-refractivity contribution < 1.29 is 9.90 Å². The fourth-order valence-corrected chi connectivity index (χ4v) is 2.15. The van der Waals surface area contributed by atoms with Crippen molar-refractivity contribution in [3.05, 3.63) is 50.9 Å². The minimum atomic E-state index is -1.01. The van der Waals surface area contributed by atoms with Crippen LogP contribution in [0.25, 0.3) is 5.69 Å². The summed E-state index contributed by atoms with van der Waals surface area (Å²) in [6.07, 6.45) is 0.645. The third-order valence-corrected chi connectivity index (χ3v) is 3.24. The molecule has 0 aliphatic heterocycles. The highest BCUT2D eigenvalue weighted by Crippen LogP contribution is 2.15. The van der Waals surface area contributed by atoms with Gasteiger partial charge < -0.3 is 5.11 Å². The number of hydrogen-bond acceptors (Lipinski definition) is 2. The number of carbonyl (C=O) groups is 1. The summed E-state index contributed by atoms with van der Waals surface area (Å²) in [6, 6.07) is 4.74. The molecule has 0 bridgehead atoms. The van der Waals surface area contributed by atoms with E-state index in [1.165, 1.54) is 16.8 Å². The first-order valence-electron chi connectivity index (χ1n) is 6.10. The largest absolute Gasteiger partial charge is 0.478 e. The molecule has 0 aliphatic rings. The van der Waals surface area contributed by atoms with Gasteiger partial charge in [-0.05, 0) is 38.0 Å². The van der Waals surface area contributed by atoms with Gasteiger partial charge in [-0.2, -0.15) is 0 Å². The van der Waals surface area contributed by atoms with Gasteiger partial charge in [-0.25, -0.2) is 9.48 Å². The number of carboxylic acids is 1. The standard InChI is InChI=1S/C14H16N2O3/c1-4-11-9(3)15-16(13(11)17)12-7-10(14(18)19)6-5-8(12)2/h5-7,15H,4H2,1-3H3,(H,18,19). The van der Waals surface area contributed by atoms with Crippen LogP contribution >= 0.6 is 0 Å². The molecule has 0 atom stereocenters. The predicted molar refractivity (Wildman–Crippen MR) is 72.2 cm³/mol. The van der Waals surface area contributed by atoms with Gasteiger partial charge in [-0.15, -0.1) is 0 Å². The van der Waals surface area contributed by atoms with E-state index in [-0.39, 0.29) is 11.1 Å². The molecule has 0 saturated carbocycles. The summed E-state index contributed by atoms with van der Waals surface area (Å²) in [7, 11) is 0. The van der Waals surface area contributed by atoms with Gasteiger partial charge in [0.25, 0.3) is 5.56 Å². The maximum atomic E-state index is 12.2. The third-order valence-electron chi connectivity index (χ3n) is 3.24. The zero-order valence-corrected chi connectivity index (χ0v) is 11.2. The van der Waals surface area contributed by atoms with Gasteiger partial charge in [-0.1, -0.05) is 13.0 Å². The molecule has 1 aromatic carbocycles. The Morgan fingerprint density at radius 3 is 2.58 bits per heavy atom. The van der Waals surface area contributed by atoms with Crippen LogP contribution in [-0.4, -0.2) is 20.9 Å². The van der Waals surface area contributed by atoms with Crippen molar-refractivity contribution in [2.75, 3.05) is 0 Å². The van der Waals surface area contributed by atoms with Crippen LogP contribution in [0, 0.1) is 13.8 Å². The molecular formula is C14H16N2O3. The van der Waals surface area contributed by atoms with Crippen LogP contribution in [0.5, 0.6) is 0 Å². The number of nitrogens with one attached hydrogen (secondary N) is 1. The monoisotopic (exact) mass is 260 g/mol. The van der Waals surface area contributed by atoms with E-state index in [2.05, 4.69) is 5.10 Å². The number of aromatic amines is 1. The molecule has 0 saturated heterocycles. The molecule has 0 amide bonds. The number of H-pyrrole nitrogens is 1. The summed E-state index contributed by atoms with van der Waals surface area (Å²) < 4.78 is 1.41. The number of benzene rings is 1. The van der Waals surface area contributed by atoms with Gasteiger partial charge >= 0.3 is 5.97 Å². The van der Waals surface area contributed by atoms with E-state index in [0.717, 1.165) is 16.8 Å². The molecule has 1 aromatic heterocycles. The number of nitrogens with zero attached hydrogens (tertiary/aromatic N) is 1. The second-order valence-corrected chi connectivity index (χ2v) is 4.52. The second-order valence-electron chi connectivity index (χ2n) is 4.52. The van der Waals surface area contributed by atoms with E-state index in [1.54, 1.807) is 6.07 Å². The molecule has 2 N–H and O–H groups in total. The first-order valence-corrected chi connectivity index (χ1v) is 6.10. The lowest BCUT2D eigenvalue weighted by molar-refractivity contribution is 0.0697. The second kappa shape index (κ2) is 4.76. The summed E-state index contributed by atoms with van der Waals surface area (Å²) in [5.41, 5.74) is 3.00. The zero-order chi connectivity index (χ0) is 14.2. The molecule has 1 heterocycles. The Morgan fingerprint density at radius 1 is 1.37 bits per heavy atom. The van der Waals surface area contributed by atoms with E-state index in [9.17, 15) is 9.59 Å². The Kier molecular flexibility index (Phi) is 3.29. The van der Waals surface area contributed by atoms with Crippen molar-refractivity contribution in [2.45, 2.75) is 27.2 Å². The fourth-order valence-electron chi connectivity index (χ4n) is 2.15. The quantitative estimate of drug-likeness (QED) is 0.886. The average Bonchev–Trinajstić information content (AvgIpc) is 2.64. The van der Waals surface area contributed by atoms with Crippen LogP contribution in [0.15, 0.2) is 23.0 Å². The van der Waals surface area contributed by atoms with Crippen LogP contribution < -0.4 is 5.56 Å². The number of aromatic nitrogens is 2. The molecule has 0 fully saturated rings. The van der Waals surface area contributed by atoms with Crippen molar-refractivity contribution >= 4 is 5.97 Å². The van der Waals surface area contributed by atoms with E-state index in [4.69, 9.17) is 5.11 Å². The van der Waals surface area contributed by atoms with E-state index >= 15 is 0 Å². The highest BCUT2D eigenvalue weighted by molar-refractivity contribution is 5.88. The number of aryl methyl sites for hydroxylation is 2. The molecule has 19 heavy (non-hydrogen) atoms. The predicted octanol–water partition coefficient (Wildman–Crippen LogP) is 2.04. The van der Waals surface area contributed by atoms with Gasteiger partial charge in [0.1, 0.15) is 0 Å². The molecule has 2 rings (SSSR count). The van der Waals surface area contributed by atoms with E-state index < -0.39 is 5.97 Å². The number of rotatable bonds is 3. The minimum Gasteiger partial charge on any atom is -0.478 e. The third kappa shape index (κ3) is 2.19. The zero-order valence-electron chi connectivity index (χ0n) is 11.2. The lowest BCUT2D eigenvalue weighted by atomic mass is 10.1. The first-order chi connectivity index (χ1) is 8.95. The van der Waals surface area contributed by atoms with Gasteiger partial charge in [-0.3, -0.25) is 9.89 Å². The molecule has 5 nitrogen and oxygen atoms in total. The van der Waals surface area contributed by atoms with Gasteiger partial charge in [0.15, 0.2) is 0 Å². The summed E-state index contributed by atoms with van der Waals surface area (Å²) in [5, 5.41) is 12.0. The van der Waals surface area contributed by atoms with E-state index in [0.29, 0.717) is 12.1 Å².